The quantitative estimate of drug-likeness (QED) is 0.701. The van der Waals surface area contributed by atoms with Crippen molar-refractivity contribution in [3.63, 3.8) is 0 Å². The molecule has 0 unspecified atom stereocenters. The molecule has 1 N–H and O–H groups in total. The van der Waals surface area contributed by atoms with Gasteiger partial charge in [-0.05, 0) is 18.2 Å². The highest BCUT2D eigenvalue weighted by Crippen LogP contribution is 2.22. The molecule has 18 heavy (non-hydrogen) atoms. The van der Waals surface area contributed by atoms with E-state index < -0.39 is 0 Å². The van der Waals surface area contributed by atoms with Crippen LogP contribution in [0.15, 0.2) is 42.6 Å². The van der Waals surface area contributed by atoms with E-state index in [2.05, 4.69) is 16.3 Å². The molecule has 2 heterocycles. The lowest BCUT2D eigenvalue weighted by molar-refractivity contribution is 0.475. The van der Waals surface area contributed by atoms with Crippen molar-refractivity contribution in [2.45, 2.75) is 0 Å². The number of aromatic nitrogens is 3. The first-order valence-corrected chi connectivity index (χ1v) is 5.32. The van der Waals surface area contributed by atoms with Gasteiger partial charge in [-0.3, -0.25) is 4.40 Å². The maximum atomic E-state index is 9.47. The van der Waals surface area contributed by atoms with E-state index in [1.165, 1.54) is 0 Å². The van der Waals surface area contributed by atoms with Gasteiger partial charge in [0.05, 0.1) is 11.6 Å². The molecule has 0 amide bonds. The van der Waals surface area contributed by atoms with Gasteiger partial charge in [-0.2, -0.15) is 5.26 Å². The highest BCUT2D eigenvalue weighted by Gasteiger charge is 2.08. The van der Waals surface area contributed by atoms with Gasteiger partial charge < -0.3 is 5.11 Å². The van der Waals surface area contributed by atoms with Crippen LogP contribution in [0.5, 0.6) is 5.75 Å². The normalized spacial score (nSPS) is 10.4. The molecule has 0 fully saturated rings. The lowest BCUT2D eigenvalue weighted by atomic mass is 10.2. The predicted molar refractivity (Wildman–Crippen MR) is 64.8 cm³/mol. The Morgan fingerprint density at radius 3 is 2.83 bits per heavy atom. The summed E-state index contributed by atoms with van der Waals surface area (Å²) in [5.74, 6) is 0.809. The molecule has 5 heteroatoms. The van der Waals surface area contributed by atoms with Crippen LogP contribution >= 0.6 is 0 Å². The van der Waals surface area contributed by atoms with Gasteiger partial charge >= 0.3 is 0 Å². The Kier molecular flexibility index (Phi) is 2.21. The van der Waals surface area contributed by atoms with Crippen LogP contribution in [0, 0.1) is 11.3 Å². The van der Waals surface area contributed by atoms with E-state index in [-0.39, 0.29) is 5.75 Å². The number of nitriles is 1. The zero-order valence-electron chi connectivity index (χ0n) is 9.28. The molecule has 0 aliphatic rings. The van der Waals surface area contributed by atoms with Crippen molar-refractivity contribution in [1.82, 2.24) is 14.6 Å². The summed E-state index contributed by atoms with van der Waals surface area (Å²) >= 11 is 0. The fraction of sp³-hybridized carbons (Fsp3) is 0. The first-order chi connectivity index (χ1) is 8.78. The molecular weight excluding hydrogens is 228 g/mol. The lowest BCUT2D eigenvalue weighted by Gasteiger charge is -2.00. The van der Waals surface area contributed by atoms with Gasteiger partial charge in [-0.25, -0.2) is 0 Å². The summed E-state index contributed by atoms with van der Waals surface area (Å²) in [6.45, 7) is 0. The number of hydrogen-bond donors (Lipinski definition) is 1. The lowest BCUT2D eigenvalue weighted by Crippen LogP contribution is -1.89. The van der Waals surface area contributed by atoms with Gasteiger partial charge in [0.25, 0.3) is 0 Å². The Morgan fingerprint density at radius 2 is 2.06 bits per heavy atom. The minimum atomic E-state index is 0.179. The van der Waals surface area contributed by atoms with Crippen LogP contribution in [-0.2, 0) is 0 Å². The average molecular weight is 236 g/mol. The topological polar surface area (TPSA) is 74.2 Å². The number of phenolic OH excluding ortho intramolecular Hbond substituents is 1. The van der Waals surface area contributed by atoms with E-state index in [1.54, 1.807) is 40.9 Å². The summed E-state index contributed by atoms with van der Waals surface area (Å²) in [6.07, 6.45) is 1.74. The number of phenols is 1. The van der Waals surface area contributed by atoms with Gasteiger partial charge in [-0.15, -0.1) is 10.2 Å². The summed E-state index contributed by atoms with van der Waals surface area (Å²) in [6, 6.07) is 12.2. The van der Waals surface area contributed by atoms with Crippen molar-refractivity contribution < 1.29 is 5.11 Å². The van der Waals surface area contributed by atoms with Crippen molar-refractivity contribution in [3.05, 3.63) is 48.2 Å². The van der Waals surface area contributed by atoms with Crippen LogP contribution in [0.4, 0.5) is 0 Å². The molecule has 0 atom stereocenters. The molecule has 0 saturated carbocycles. The Labute approximate surface area is 103 Å². The number of nitrogens with zero attached hydrogens (tertiary/aromatic N) is 4. The number of pyridine rings is 1. The van der Waals surface area contributed by atoms with Crippen molar-refractivity contribution in [3.8, 4) is 23.2 Å². The fourth-order valence-electron chi connectivity index (χ4n) is 1.80. The Morgan fingerprint density at radius 1 is 1.17 bits per heavy atom. The zero-order valence-corrected chi connectivity index (χ0v) is 9.28. The van der Waals surface area contributed by atoms with E-state index in [0.717, 1.165) is 5.56 Å². The van der Waals surface area contributed by atoms with E-state index >= 15 is 0 Å². The van der Waals surface area contributed by atoms with Crippen molar-refractivity contribution in [2.75, 3.05) is 0 Å². The molecule has 0 spiro atoms. The number of benzene rings is 1. The number of fused-ring (bicyclic) bond motifs is 1. The predicted octanol–water partition coefficient (Wildman–Crippen LogP) is 1.97. The molecule has 2 aromatic heterocycles. The monoisotopic (exact) mass is 236 g/mol. The highest BCUT2D eigenvalue weighted by molar-refractivity contribution is 5.61. The van der Waals surface area contributed by atoms with Gasteiger partial charge in [0.2, 0.25) is 0 Å². The van der Waals surface area contributed by atoms with E-state index in [0.29, 0.717) is 17.0 Å². The summed E-state index contributed by atoms with van der Waals surface area (Å²) in [5.41, 5.74) is 1.91. The Balaban J connectivity index is 2.22. The average Bonchev–Trinajstić information content (AvgIpc) is 2.81. The van der Waals surface area contributed by atoms with Crippen LogP contribution in [0.3, 0.4) is 0 Å². The third-order valence-electron chi connectivity index (χ3n) is 2.64. The van der Waals surface area contributed by atoms with Gasteiger partial charge in [0, 0.05) is 17.8 Å². The molecule has 0 saturated heterocycles. The van der Waals surface area contributed by atoms with Crippen LogP contribution < -0.4 is 0 Å². The largest absolute Gasteiger partial charge is 0.508 e. The van der Waals surface area contributed by atoms with E-state index in [9.17, 15) is 5.11 Å². The van der Waals surface area contributed by atoms with Crippen molar-refractivity contribution in [1.29, 1.82) is 5.26 Å². The summed E-state index contributed by atoms with van der Waals surface area (Å²) in [5, 5.41) is 26.4. The van der Waals surface area contributed by atoms with Gasteiger partial charge in [0.1, 0.15) is 5.75 Å². The number of aromatic hydroxyl groups is 1. The minimum absolute atomic E-state index is 0.179. The summed E-state index contributed by atoms with van der Waals surface area (Å²) in [4.78, 5) is 0. The van der Waals surface area contributed by atoms with Crippen molar-refractivity contribution in [2.24, 2.45) is 0 Å². The molecule has 0 radical (unpaired) electrons. The second-order valence-electron chi connectivity index (χ2n) is 3.83. The molecule has 86 valence electrons. The van der Waals surface area contributed by atoms with E-state index in [4.69, 9.17) is 5.26 Å². The molecule has 3 rings (SSSR count). The molecule has 1 aromatic carbocycles. The highest BCUT2D eigenvalue weighted by atomic mass is 16.3. The Hall–Kier alpha value is -2.87. The first-order valence-electron chi connectivity index (χ1n) is 5.32. The fourth-order valence-corrected chi connectivity index (χ4v) is 1.80. The second kappa shape index (κ2) is 3.86. The second-order valence-corrected chi connectivity index (χ2v) is 3.83. The smallest absolute Gasteiger partial charge is 0.168 e. The Bertz CT molecular complexity index is 770. The summed E-state index contributed by atoms with van der Waals surface area (Å²) < 4.78 is 1.77. The third kappa shape index (κ3) is 1.57. The molecule has 0 bridgehead atoms. The molecule has 5 nitrogen and oxygen atoms in total. The van der Waals surface area contributed by atoms with Gasteiger partial charge in [0.15, 0.2) is 11.5 Å². The van der Waals surface area contributed by atoms with Crippen LogP contribution in [-0.4, -0.2) is 19.7 Å². The zero-order chi connectivity index (χ0) is 12.5. The minimum Gasteiger partial charge on any atom is -0.508 e. The molecule has 3 aromatic rings. The summed E-state index contributed by atoms with van der Waals surface area (Å²) in [7, 11) is 0. The number of hydrogen-bond acceptors (Lipinski definition) is 4. The van der Waals surface area contributed by atoms with Crippen LogP contribution in [0.1, 0.15) is 5.56 Å². The standard InChI is InChI=1S/C13H8N4O/c14-8-9-4-5-17-12(6-9)15-16-13(17)10-2-1-3-11(18)7-10/h1-7,18H. The van der Waals surface area contributed by atoms with E-state index in [1.807, 2.05) is 6.07 Å². The van der Waals surface area contributed by atoms with Crippen LogP contribution in [0.25, 0.3) is 17.0 Å². The number of rotatable bonds is 1. The molecule has 0 aliphatic carbocycles. The van der Waals surface area contributed by atoms with Gasteiger partial charge in [-0.1, -0.05) is 12.1 Å². The molecular formula is C13H8N4O. The maximum absolute atomic E-state index is 9.47. The first kappa shape index (κ1) is 10.3. The molecule has 0 aliphatic heterocycles. The third-order valence-corrected chi connectivity index (χ3v) is 2.64. The maximum Gasteiger partial charge on any atom is 0.168 e. The SMILES string of the molecule is N#Cc1ccn2c(-c3cccc(O)c3)nnc2c1. The van der Waals surface area contributed by atoms with Crippen LogP contribution in [0.2, 0.25) is 0 Å². The van der Waals surface area contributed by atoms with Crippen molar-refractivity contribution >= 4 is 5.65 Å².